The van der Waals surface area contributed by atoms with Crippen LogP contribution in [-0.4, -0.2) is 35.1 Å². The van der Waals surface area contributed by atoms with E-state index in [0.717, 1.165) is 30.7 Å². The van der Waals surface area contributed by atoms with Crippen molar-refractivity contribution in [3.05, 3.63) is 15.6 Å². The molecule has 1 aromatic rings. The van der Waals surface area contributed by atoms with Crippen LogP contribution in [0.5, 0.6) is 0 Å². The van der Waals surface area contributed by atoms with Crippen molar-refractivity contribution in [2.45, 2.75) is 33.2 Å². The highest BCUT2D eigenvalue weighted by atomic mass is 32.1. The van der Waals surface area contributed by atoms with Gasteiger partial charge in [-0.2, -0.15) is 0 Å². The molecule has 110 valence electrons. The van der Waals surface area contributed by atoms with Gasteiger partial charge in [-0.25, -0.2) is 9.78 Å². The van der Waals surface area contributed by atoms with Crippen molar-refractivity contribution >= 4 is 23.2 Å². The number of amides is 1. The predicted molar refractivity (Wildman–Crippen MR) is 75.9 cm³/mol. The first-order valence-corrected chi connectivity index (χ1v) is 7.43. The van der Waals surface area contributed by atoms with Crippen molar-refractivity contribution < 1.29 is 14.7 Å². The number of piperidine rings is 1. The quantitative estimate of drug-likeness (QED) is 0.775. The lowest BCUT2D eigenvalue weighted by atomic mass is 9.82. The Labute approximate surface area is 121 Å². The Morgan fingerprint density at radius 3 is 2.85 bits per heavy atom. The molecule has 0 saturated carbocycles. The molecule has 1 aliphatic rings. The number of aromatic nitrogens is 1. The van der Waals surface area contributed by atoms with Crippen molar-refractivity contribution in [1.29, 1.82) is 0 Å². The minimum absolute atomic E-state index is 0.00516. The Morgan fingerprint density at radius 1 is 1.55 bits per heavy atom. The molecular weight excluding hydrogens is 278 g/mol. The third-order valence-corrected chi connectivity index (χ3v) is 4.73. The van der Waals surface area contributed by atoms with E-state index in [1.165, 1.54) is 0 Å². The third-order valence-electron chi connectivity index (χ3n) is 3.58. The second kappa shape index (κ2) is 5.88. The van der Waals surface area contributed by atoms with Crippen LogP contribution in [0, 0.1) is 12.3 Å². The fourth-order valence-electron chi connectivity index (χ4n) is 2.35. The predicted octanol–water partition coefficient (Wildman–Crippen LogP) is 1.16. The van der Waals surface area contributed by atoms with Crippen LogP contribution in [0.1, 0.15) is 40.1 Å². The van der Waals surface area contributed by atoms with Crippen LogP contribution in [0.2, 0.25) is 0 Å². The average Bonchev–Trinajstić information content (AvgIpc) is 2.78. The molecule has 0 bridgehead atoms. The summed E-state index contributed by atoms with van der Waals surface area (Å²) in [7, 11) is 0. The normalized spacial score (nSPS) is 22.5. The van der Waals surface area contributed by atoms with E-state index in [-0.39, 0.29) is 22.7 Å². The number of aryl methyl sites for hydroxylation is 1. The lowest BCUT2D eigenvalue weighted by Crippen LogP contribution is -2.48. The third kappa shape index (κ3) is 3.16. The zero-order valence-corrected chi connectivity index (χ0v) is 12.5. The summed E-state index contributed by atoms with van der Waals surface area (Å²) >= 11 is 1.11. The SMILES string of the molecule is Cc1nc(CNC(=O)C2(C)CCCNC2)sc1C(=O)O. The average molecular weight is 297 g/mol. The van der Waals surface area contributed by atoms with E-state index in [4.69, 9.17) is 5.11 Å². The Balaban J connectivity index is 1.96. The zero-order chi connectivity index (χ0) is 14.8. The number of hydrogen-bond donors (Lipinski definition) is 3. The highest BCUT2D eigenvalue weighted by Gasteiger charge is 2.34. The summed E-state index contributed by atoms with van der Waals surface area (Å²) in [6, 6.07) is 0. The summed E-state index contributed by atoms with van der Waals surface area (Å²) in [5.74, 6) is -0.976. The highest BCUT2D eigenvalue weighted by molar-refractivity contribution is 7.13. The van der Waals surface area contributed by atoms with Gasteiger partial charge in [-0.15, -0.1) is 11.3 Å². The molecule has 1 amide bonds. The number of hydrogen-bond acceptors (Lipinski definition) is 5. The van der Waals surface area contributed by atoms with Crippen LogP contribution in [0.15, 0.2) is 0 Å². The molecule has 2 heterocycles. The summed E-state index contributed by atoms with van der Waals surface area (Å²) in [6.45, 7) is 5.53. The maximum Gasteiger partial charge on any atom is 0.347 e. The minimum Gasteiger partial charge on any atom is -0.477 e. The molecular formula is C13H19N3O3S. The molecule has 0 aliphatic carbocycles. The fourth-order valence-corrected chi connectivity index (χ4v) is 3.19. The largest absolute Gasteiger partial charge is 0.477 e. The number of carboxylic acid groups (broad SMARTS) is 1. The molecule has 2 rings (SSSR count). The molecule has 1 aromatic heterocycles. The van der Waals surface area contributed by atoms with Crippen molar-refractivity contribution in [1.82, 2.24) is 15.6 Å². The number of aromatic carboxylic acids is 1. The fraction of sp³-hybridized carbons (Fsp3) is 0.615. The van der Waals surface area contributed by atoms with Crippen molar-refractivity contribution in [2.24, 2.45) is 5.41 Å². The lowest BCUT2D eigenvalue weighted by molar-refractivity contribution is -0.131. The van der Waals surface area contributed by atoms with E-state index in [9.17, 15) is 9.59 Å². The van der Waals surface area contributed by atoms with Crippen LogP contribution in [0.25, 0.3) is 0 Å². The first-order chi connectivity index (χ1) is 9.42. The maximum absolute atomic E-state index is 12.2. The first kappa shape index (κ1) is 14.9. The second-order valence-corrected chi connectivity index (χ2v) is 6.43. The van der Waals surface area contributed by atoms with Crippen molar-refractivity contribution in [3.8, 4) is 0 Å². The summed E-state index contributed by atoms with van der Waals surface area (Å²) in [5.41, 5.74) is 0.109. The smallest absolute Gasteiger partial charge is 0.347 e. The van der Waals surface area contributed by atoms with Gasteiger partial charge >= 0.3 is 5.97 Å². The van der Waals surface area contributed by atoms with E-state index in [2.05, 4.69) is 15.6 Å². The molecule has 1 saturated heterocycles. The number of carbonyl (C=O) groups is 2. The van der Waals surface area contributed by atoms with Gasteiger partial charge in [0.1, 0.15) is 9.88 Å². The zero-order valence-electron chi connectivity index (χ0n) is 11.7. The molecule has 1 fully saturated rings. The number of thiazole rings is 1. The van der Waals surface area contributed by atoms with E-state index in [0.29, 0.717) is 17.2 Å². The Bertz CT molecular complexity index is 521. The van der Waals surface area contributed by atoms with Gasteiger partial charge in [-0.05, 0) is 33.2 Å². The Hall–Kier alpha value is -1.47. The number of carbonyl (C=O) groups excluding carboxylic acids is 1. The van der Waals surface area contributed by atoms with Crippen LogP contribution >= 0.6 is 11.3 Å². The van der Waals surface area contributed by atoms with E-state index in [1.54, 1.807) is 6.92 Å². The van der Waals surface area contributed by atoms with Crippen molar-refractivity contribution in [2.75, 3.05) is 13.1 Å². The molecule has 1 atom stereocenters. The summed E-state index contributed by atoms with van der Waals surface area (Å²) in [6.07, 6.45) is 1.85. The molecule has 3 N–H and O–H groups in total. The highest BCUT2D eigenvalue weighted by Crippen LogP contribution is 2.26. The molecule has 1 unspecified atom stereocenters. The minimum atomic E-state index is -0.971. The summed E-state index contributed by atoms with van der Waals surface area (Å²) in [5, 5.41) is 15.7. The topological polar surface area (TPSA) is 91.3 Å². The van der Waals surface area contributed by atoms with Gasteiger partial charge in [-0.1, -0.05) is 0 Å². The maximum atomic E-state index is 12.2. The van der Waals surface area contributed by atoms with Gasteiger partial charge in [0.25, 0.3) is 0 Å². The van der Waals surface area contributed by atoms with Gasteiger partial charge in [-0.3, -0.25) is 4.79 Å². The molecule has 6 nitrogen and oxygen atoms in total. The molecule has 0 aromatic carbocycles. The monoisotopic (exact) mass is 297 g/mol. The van der Waals surface area contributed by atoms with Crippen molar-refractivity contribution in [3.63, 3.8) is 0 Å². The van der Waals surface area contributed by atoms with Gasteiger partial charge in [0.05, 0.1) is 17.7 Å². The molecule has 0 spiro atoms. The number of nitrogens with one attached hydrogen (secondary N) is 2. The first-order valence-electron chi connectivity index (χ1n) is 6.61. The standard InChI is InChI=1S/C13H19N3O3S/c1-8-10(11(17)18)20-9(16-8)6-15-12(19)13(2)4-3-5-14-7-13/h14H,3-7H2,1-2H3,(H,15,19)(H,17,18). The van der Waals surface area contributed by atoms with Gasteiger partial charge < -0.3 is 15.7 Å². The van der Waals surface area contributed by atoms with Crippen LogP contribution in [-0.2, 0) is 11.3 Å². The number of rotatable bonds is 4. The van der Waals surface area contributed by atoms with Gasteiger partial charge in [0, 0.05) is 6.54 Å². The molecule has 20 heavy (non-hydrogen) atoms. The number of nitrogens with zero attached hydrogens (tertiary/aromatic N) is 1. The second-order valence-electron chi connectivity index (χ2n) is 5.35. The van der Waals surface area contributed by atoms with Crippen LogP contribution in [0.4, 0.5) is 0 Å². The molecule has 0 radical (unpaired) electrons. The van der Waals surface area contributed by atoms with E-state index < -0.39 is 5.97 Å². The van der Waals surface area contributed by atoms with Crippen LogP contribution < -0.4 is 10.6 Å². The lowest BCUT2D eigenvalue weighted by Gasteiger charge is -2.32. The Kier molecular flexibility index (Phi) is 4.39. The molecule has 7 heteroatoms. The Morgan fingerprint density at radius 2 is 2.30 bits per heavy atom. The number of carboxylic acids is 1. The van der Waals surface area contributed by atoms with Crippen LogP contribution in [0.3, 0.4) is 0 Å². The van der Waals surface area contributed by atoms with E-state index in [1.807, 2.05) is 6.92 Å². The van der Waals surface area contributed by atoms with Gasteiger partial charge in [0.2, 0.25) is 5.91 Å². The summed E-state index contributed by atoms with van der Waals surface area (Å²) < 4.78 is 0. The summed E-state index contributed by atoms with van der Waals surface area (Å²) in [4.78, 5) is 27.6. The molecule has 1 aliphatic heterocycles. The van der Waals surface area contributed by atoms with E-state index >= 15 is 0 Å². The van der Waals surface area contributed by atoms with Gasteiger partial charge in [0.15, 0.2) is 0 Å².